The largest absolute Gasteiger partial charge is 0.389 e. The van der Waals surface area contributed by atoms with Crippen LogP contribution in [0.5, 0.6) is 0 Å². The predicted octanol–water partition coefficient (Wildman–Crippen LogP) is 3.10. The van der Waals surface area contributed by atoms with Crippen molar-refractivity contribution in [2.45, 2.75) is 77.9 Å². The molecule has 0 radical (unpaired) electrons. The van der Waals surface area contributed by atoms with Crippen molar-refractivity contribution in [2.24, 2.45) is 10.8 Å². The number of hydrogen-bond acceptors (Lipinski definition) is 2. The highest BCUT2D eigenvalue weighted by Crippen LogP contribution is 2.62. The zero-order valence-electron chi connectivity index (χ0n) is 12.0. The topological polar surface area (TPSA) is 32.3 Å². The molecule has 0 aromatic rings. The normalized spacial score (nSPS) is 30.9. The average Bonchev–Trinajstić information content (AvgIpc) is 2.72. The van der Waals surface area contributed by atoms with Gasteiger partial charge in [0.25, 0.3) is 0 Å². The SMILES string of the molecule is CC1(C)C(NCC2(O)CCCCCC2)C1(C)C. The molecule has 100 valence electrons. The summed E-state index contributed by atoms with van der Waals surface area (Å²) in [6, 6.07) is 0.558. The Kier molecular flexibility index (Phi) is 3.33. The lowest BCUT2D eigenvalue weighted by Gasteiger charge is -2.27. The van der Waals surface area contributed by atoms with E-state index in [-0.39, 0.29) is 0 Å². The Bertz CT molecular complexity index is 261. The highest BCUT2D eigenvalue weighted by Gasteiger charge is 2.64. The van der Waals surface area contributed by atoms with Crippen LogP contribution in [0.1, 0.15) is 66.2 Å². The van der Waals surface area contributed by atoms with Gasteiger partial charge in [-0.1, -0.05) is 53.4 Å². The first-order valence-electron chi connectivity index (χ1n) is 7.25. The molecule has 2 nitrogen and oxygen atoms in total. The van der Waals surface area contributed by atoms with Gasteiger partial charge in [0.2, 0.25) is 0 Å². The van der Waals surface area contributed by atoms with Gasteiger partial charge in [-0.05, 0) is 23.7 Å². The maximum atomic E-state index is 10.6. The summed E-state index contributed by atoms with van der Waals surface area (Å²) in [5, 5.41) is 14.2. The second-order valence-corrected chi connectivity index (χ2v) is 7.40. The van der Waals surface area contributed by atoms with E-state index in [0.29, 0.717) is 16.9 Å². The summed E-state index contributed by atoms with van der Waals surface area (Å²) < 4.78 is 0. The fourth-order valence-electron chi connectivity index (χ4n) is 3.56. The second-order valence-electron chi connectivity index (χ2n) is 7.40. The molecule has 0 heterocycles. The van der Waals surface area contributed by atoms with Gasteiger partial charge in [-0.2, -0.15) is 0 Å². The van der Waals surface area contributed by atoms with E-state index in [1.165, 1.54) is 25.7 Å². The van der Waals surface area contributed by atoms with E-state index < -0.39 is 5.60 Å². The molecule has 0 spiro atoms. The minimum Gasteiger partial charge on any atom is -0.389 e. The molecule has 2 rings (SSSR count). The van der Waals surface area contributed by atoms with Crippen molar-refractivity contribution in [2.75, 3.05) is 6.54 Å². The Labute approximate surface area is 106 Å². The van der Waals surface area contributed by atoms with Gasteiger partial charge in [0, 0.05) is 12.6 Å². The van der Waals surface area contributed by atoms with E-state index >= 15 is 0 Å². The zero-order chi connectivity index (χ0) is 12.7. The van der Waals surface area contributed by atoms with Crippen molar-refractivity contribution in [1.29, 1.82) is 0 Å². The van der Waals surface area contributed by atoms with Gasteiger partial charge >= 0.3 is 0 Å². The van der Waals surface area contributed by atoms with Crippen LogP contribution in [-0.4, -0.2) is 23.3 Å². The van der Waals surface area contributed by atoms with Crippen LogP contribution in [-0.2, 0) is 0 Å². The first kappa shape index (κ1) is 13.4. The van der Waals surface area contributed by atoms with Gasteiger partial charge in [0.15, 0.2) is 0 Å². The molecule has 2 heteroatoms. The summed E-state index contributed by atoms with van der Waals surface area (Å²) in [4.78, 5) is 0. The van der Waals surface area contributed by atoms with Crippen molar-refractivity contribution in [3.63, 3.8) is 0 Å². The third-order valence-electron chi connectivity index (χ3n) is 5.69. The van der Waals surface area contributed by atoms with Crippen molar-refractivity contribution in [3.8, 4) is 0 Å². The number of hydrogen-bond donors (Lipinski definition) is 2. The summed E-state index contributed by atoms with van der Waals surface area (Å²) in [5.74, 6) is 0. The van der Waals surface area contributed by atoms with Gasteiger partial charge in [-0.25, -0.2) is 0 Å². The third-order valence-corrected chi connectivity index (χ3v) is 5.69. The highest BCUT2D eigenvalue weighted by atomic mass is 16.3. The molecule has 2 fully saturated rings. The average molecular weight is 239 g/mol. The van der Waals surface area contributed by atoms with E-state index in [1.54, 1.807) is 0 Å². The van der Waals surface area contributed by atoms with Gasteiger partial charge in [0.1, 0.15) is 0 Å². The maximum Gasteiger partial charge on any atom is 0.0771 e. The molecule has 0 aromatic carbocycles. The first-order chi connectivity index (χ1) is 7.80. The minimum absolute atomic E-state index is 0.369. The minimum atomic E-state index is -0.439. The van der Waals surface area contributed by atoms with Gasteiger partial charge in [-0.15, -0.1) is 0 Å². The highest BCUT2D eigenvalue weighted by molar-refractivity contribution is 5.18. The monoisotopic (exact) mass is 239 g/mol. The Morgan fingerprint density at radius 3 is 1.82 bits per heavy atom. The first-order valence-corrected chi connectivity index (χ1v) is 7.25. The maximum absolute atomic E-state index is 10.6. The summed E-state index contributed by atoms with van der Waals surface area (Å²) in [7, 11) is 0. The lowest BCUT2D eigenvalue weighted by Crippen LogP contribution is -2.42. The molecule has 0 bridgehead atoms. The van der Waals surface area contributed by atoms with Gasteiger partial charge in [-0.3, -0.25) is 0 Å². The van der Waals surface area contributed by atoms with Crippen LogP contribution in [0.2, 0.25) is 0 Å². The molecular formula is C15H29NO. The van der Waals surface area contributed by atoms with Crippen molar-refractivity contribution < 1.29 is 5.11 Å². The van der Waals surface area contributed by atoms with E-state index in [2.05, 4.69) is 33.0 Å². The second kappa shape index (κ2) is 4.24. The van der Waals surface area contributed by atoms with E-state index in [4.69, 9.17) is 0 Å². The fraction of sp³-hybridized carbons (Fsp3) is 1.00. The number of nitrogens with one attached hydrogen (secondary N) is 1. The number of aliphatic hydroxyl groups is 1. The molecule has 17 heavy (non-hydrogen) atoms. The Morgan fingerprint density at radius 2 is 1.41 bits per heavy atom. The van der Waals surface area contributed by atoms with E-state index in [0.717, 1.165) is 19.4 Å². The molecule has 0 atom stereocenters. The summed E-state index contributed by atoms with van der Waals surface area (Å²) >= 11 is 0. The molecular weight excluding hydrogens is 210 g/mol. The van der Waals surface area contributed by atoms with Crippen LogP contribution in [0, 0.1) is 10.8 Å². The van der Waals surface area contributed by atoms with Gasteiger partial charge in [0.05, 0.1) is 5.60 Å². The molecule has 2 aliphatic carbocycles. The van der Waals surface area contributed by atoms with Crippen molar-refractivity contribution in [1.82, 2.24) is 5.32 Å². The van der Waals surface area contributed by atoms with Crippen LogP contribution in [0.3, 0.4) is 0 Å². The fourth-order valence-corrected chi connectivity index (χ4v) is 3.56. The van der Waals surface area contributed by atoms with Crippen LogP contribution >= 0.6 is 0 Å². The van der Waals surface area contributed by atoms with E-state index in [9.17, 15) is 5.11 Å². The Balaban J connectivity index is 1.86. The molecule has 0 saturated heterocycles. The lowest BCUT2D eigenvalue weighted by atomic mass is 9.94. The summed E-state index contributed by atoms with van der Waals surface area (Å²) in [5.41, 5.74) is 0.299. The Morgan fingerprint density at radius 1 is 0.941 bits per heavy atom. The third kappa shape index (κ3) is 2.39. The smallest absolute Gasteiger partial charge is 0.0771 e. The molecule has 2 saturated carbocycles. The van der Waals surface area contributed by atoms with Crippen molar-refractivity contribution >= 4 is 0 Å². The van der Waals surface area contributed by atoms with Crippen LogP contribution in [0.25, 0.3) is 0 Å². The molecule has 2 N–H and O–H groups in total. The van der Waals surface area contributed by atoms with E-state index in [1.807, 2.05) is 0 Å². The van der Waals surface area contributed by atoms with Crippen LogP contribution < -0.4 is 5.32 Å². The quantitative estimate of drug-likeness (QED) is 0.742. The molecule has 0 aliphatic heterocycles. The Hall–Kier alpha value is -0.0800. The summed E-state index contributed by atoms with van der Waals surface area (Å²) in [6.07, 6.45) is 6.93. The zero-order valence-corrected chi connectivity index (χ0v) is 12.0. The number of rotatable bonds is 3. The van der Waals surface area contributed by atoms with Crippen LogP contribution in [0.15, 0.2) is 0 Å². The lowest BCUT2D eigenvalue weighted by molar-refractivity contribution is 0.0239. The van der Waals surface area contributed by atoms with Gasteiger partial charge < -0.3 is 10.4 Å². The predicted molar refractivity (Wildman–Crippen MR) is 72.0 cm³/mol. The molecule has 0 amide bonds. The molecule has 0 unspecified atom stereocenters. The van der Waals surface area contributed by atoms with Crippen molar-refractivity contribution in [3.05, 3.63) is 0 Å². The standard InChI is InChI=1S/C15H29NO/c1-13(2)12(14(13,3)4)16-11-15(17)9-7-5-6-8-10-15/h12,16-17H,5-11H2,1-4H3. The molecule has 2 aliphatic rings. The van der Waals surface area contributed by atoms with Crippen LogP contribution in [0.4, 0.5) is 0 Å². The summed E-state index contributed by atoms with van der Waals surface area (Å²) in [6.45, 7) is 10.1. The molecule has 0 aromatic heterocycles.